The maximum absolute atomic E-state index is 12.6. The minimum atomic E-state index is -3.16. The van der Waals surface area contributed by atoms with Gasteiger partial charge in [-0.3, -0.25) is 4.90 Å². The van der Waals surface area contributed by atoms with Crippen LogP contribution in [-0.2, 0) is 10.0 Å². The molecule has 6 heteroatoms. The van der Waals surface area contributed by atoms with Crippen molar-refractivity contribution in [1.82, 2.24) is 14.5 Å². The molecule has 0 radical (unpaired) electrons. The van der Waals surface area contributed by atoms with Crippen molar-refractivity contribution in [2.24, 2.45) is 0 Å². The Bertz CT molecular complexity index is 411. The Kier molecular flexibility index (Phi) is 6.05. The van der Waals surface area contributed by atoms with Crippen LogP contribution >= 0.6 is 0 Å². The monoisotopic (exact) mass is 317 g/mol. The summed E-state index contributed by atoms with van der Waals surface area (Å²) in [6.07, 6.45) is 5.26. The van der Waals surface area contributed by atoms with Crippen LogP contribution in [0.1, 0.15) is 46.5 Å². The van der Waals surface area contributed by atoms with Crippen LogP contribution in [-0.4, -0.2) is 67.7 Å². The summed E-state index contributed by atoms with van der Waals surface area (Å²) in [5.74, 6) is 0. The molecule has 1 unspecified atom stereocenters. The van der Waals surface area contributed by atoms with E-state index in [4.69, 9.17) is 0 Å². The summed E-state index contributed by atoms with van der Waals surface area (Å²) in [7, 11) is -3.16. The summed E-state index contributed by atoms with van der Waals surface area (Å²) in [5.41, 5.74) is 0. The molecule has 1 saturated carbocycles. The molecule has 1 N–H and O–H groups in total. The van der Waals surface area contributed by atoms with Crippen molar-refractivity contribution in [2.45, 2.75) is 63.8 Å². The first kappa shape index (κ1) is 17.2. The lowest BCUT2D eigenvalue weighted by atomic mass is 10.2. The molecular weight excluding hydrogens is 286 g/mol. The lowest BCUT2D eigenvalue weighted by Gasteiger charge is -2.38. The molecular formula is C15H31N3O2S. The molecule has 1 aliphatic carbocycles. The highest BCUT2D eigenvalue weighted by atomic mass is 32.2. The Morgan fingerprint density at radius 3 is 2.14 bits per heavy atom. The second-order valence-electron chi connectivity index (χ2n) is 6.79. The molecule has 2 fully saturated rings. The quantitative estimate of drug-likeness (QED) is 0.801. The third kappa shape index (κ3) is 4.41. The molecule has 124 valence electrons. The van der Waals surface area contributed by atoms with Crippen molar-refractivity contribution in [3.05, 3.63) is 0 Å². The van der Waals surface area contributed by atoms with E-state index in [0.29, 0.717) is 31.7 Å². The fraction of sp³-hybridized carbons (Fsp3) is 1.00. The average molecular weight is 317 g/mol. The van der Waals surface area contributed by atoms with Gasteiger partial charge in [0.15, 0.2) is 0 Å². The van der Waals surface area contributed by atoms with Crippen molar-refractivity contribution in [3.8, 4) is 0 Å². The van der Waals surface area contributed by atoms with Crippen molar-refractivity contribution in [1.29, 1.82) is 0 Å². The minimum absolute atomic E-state index is 0.321. The highest BCUT2D eigenvalue weighted by Gasteiger charge is 2.33. The van der Waals surface area contributed by atoms with Gasteiger partial charge in [0.05, 0.1) is 5.25 Å². The van der Waals surface area contributed by atoms with Gasteiger partial charge < -0.3 is 5.32 Å². The summed E-state index contributed by atoms with van der Waals surface area (Å²) in [6, 6.07) is 1.02. The average Bonchev–Trinajstić information content (AvgIpc) is 2.99. The number of hydrogen-bond acceptors (Lipinski definition) is 4. The van der Waals surface area contributed by atoms with E-state index in [-0.39, 0.29) is 5.25 Å². The second-order valence-corrected chi connectivity index (χ2v) is 9.14. The Morgan fingerprint density at radius 2 is 1.62 bits per heavy atom. The van der Waals surface area contributed by atoms with Crippen LogP contribution in [0.5, 0.6) is 0 Å². The summed E-state index contributed by atoms with van der Waals surface area (Å²) >= 11 is 0. The minimum Gasteiger partial charge on any atom is -0.313 e. The standard InChI is InChI=1S/C15H31N3O2S/c1-13(2)16-12-14(3)21(19,20)18-10-8-17(9-11-18)15-6-4-5-7-15/h13-16H,4-12H2,1-3H3. The lowest BCUT2D eigenvalue weighted by molar-refractivity contribution is 0.138. The molecule has 1 atom stereocenters. The topological polar surface area (TPSA) is 52.7 Å². The van der Waals surface area contributed by atoms with Gasteiger partial charge >= 0.3 is 0 Å². The van der Waals surface area contributed by atoms with Crippen molar-refractivity contribution >= 4 is 10.0 Å². The number of hydrogen-bond donors (Lipinski definition) is 1. The lowest BCUT2D eigenvalue weighted by Crippen LogP contribution is -2.54. The van der Waals surface area contributed by atoms with E-state index in [1.165, 1.54) is 25.7 Å². The zero-order chi connectivity index (χ0) is 15.5. The first-order valence-corrected chi connectivity index (χ1v) is 9.88. The Hall–Kier alpha value is -0.170. The fourth-order valence-electron chi connectivity index (χ4n) is 3.35. The summed E-state index contributed by atoms with van der Waals surface area (Å²) in [4.78, 5) is 2.50. The molecule has 1 saturated heterocycles. The highest BCUT2D eigenvalue weighted by molar-refractivity contribution is 7.89. The van der Waals surface area contributed by atoms with Gasteiger partial charge in [-0.2, -0.15) is 4.31 Å². The summed E-state index contributed by atoms with van der Waals surface area (Å²) < 4.78 is 26.9. The van der Waals surface area contributed by atoms with Gasteiger partial charge in [-0.1, -0.05) is 26.7 Å². The van der Waals surface area contributed by atoms with E-state index < -0.39 is 10.0 Å². The summed E-state index contributed by atoms with van der Waals surface area (Å²) in [6.45, 7) is 9.54. The second kappa shape index (κ2) is 7.40. The van der Waals surface area contributed by atoms with Crippen molar-refractivity contribution in [3.63, 3.8) is 0 Å². The van der Waals surface area contributed by atoms with E-state index in [1.54, 1.807) is 4.31 Å². The maximum Gasteiger partial charge on any atom is 0.218 e. The third-order valence-electron chi connectivity index (χ3n) is 4.80. The van der Waals surface area contributed by atoms with E-state index in [2.05, 4.69) is 10.2 Å². The first-order valence-electron chi connectivity index (χ1n) is 8.37. The SMILES string of the molecule is CC(C)NCC(C)S(=O)(=O)N1CCN(C2CCCC2)CC1. The molecule has 2 rings (SSSR count). The molecule has 2 aliphatic rings. The number of sulfonamides is 1. The smallest absolute Gasteiger partial charge is 0.218 e. The maximum atomic E-state index is 12.6. The Balaban J connectivity index is 1.84. The number of nitrogens with zero attached hydrogens (tertiary/aromatic N) is 2. The van der Waals surface area contributed by atoms with Gasteiger partial charge in [0.25, 0.3) is 0 Å². The Labute approximate surface area is 130 Å². The molecule has 0 amide bonds. The zero-order valence-electron chi connectivity index (χ0n) is 13.7. The summed E-state index contributed by atoms with van der Waals surface area (Å²) in [5, 5.41) is 2.88. The van der Waals surface area contributed by atoms with Gasteiger partial charge in [0, 0.05) is 44.8 Å². The molecule has 5 nitrogen and oxygen atoms in total. The third-order valence-corrected chi connectivity index (χ3v) is 7.06. The molecule has 21 heavy (non-hydrogen) atoms. The van der Waals surface area contributed by atoms with Gasteiger partial charge in [0.1, 0.15) is 0 Å². The van der Waals surface area contributed by atoms with Crippen LogP contribution in [0.4, 0.5) is 0 Å². The van der Waals surface area contributed by atoms with Gasteiger partial charge in [-0.15, -0.1) is 0 Å². The van der Waals surface area contributed by atoms with Crippen LogP contribution < -0.4 is 5.32 Å². The molecule has 0 aromatic heterocycles. The predicted octanol–water partition coefficient (Wildman–Crippen LogP) is 1.26. The number of nitrogens with one attached hydrogen (secondary N) is 1. The molecule has 0 aromatic carbocycles. The molecule has 1 aliphatic heterocycles. The van der Waals surface area contributed by atoms with Gasteiger partial charge in [-0.25, -0.2) is 8.42 Å². The van der Waals surface area contributed by atoms with Gasteiger partial charge in [0.2, 0.25) is 10.0 Å². The highest BCUT2D eigenvalue weighted by Crippen LogP contribution is 2.25. The van der Waals surface area contributed by atoms with Crippen LogP contribution in [0, 0.1) is 0 Å². The van der Waals surface area contributed by atoms with E-state index in [0.717, 1.165) is 13.1 Å². The molecule has 0 aromatic rings. The fourth-order valence-corrected chi connectivity index (χ4v) is 4.84. The normalized spacial score (nSPS) is 24.8. The van der Waals surface area contributed by atoms with E-state index >= 15 is 0 Å². The van der Waals surface area contributed by atoms with Gasteiger partial charge in [-0.05, 0) is 19.8 Å². The number of rotatable bonds is 6. The van der Waals surface area contributed by atoms with Crippen LogP contribution in [0.3, 0.4) is 0 Å². The molecule has 0 bridgehead atoms. The van der Waals surface area contributed by atoms with Crippen LogP contribution in [0.2, 0.25) is 0 Å². The zero-order valence-corrected chi connectivity index (χ0v) is 14.5. The Morgan fingerprint density at radius 1 is 1.05 bits per heavy atom. The van der Waals surface area contributed by atoms with Crippen LogP contribution in [0.25, 0.3) is 0 Å². The molecule has 1 heterocycles. The predicted molar refractivity (Wildman–Crippen MR) is 86.9 cm³/mol. The number of piperazine rings is 1. The van der Waals surface area contributed by atoms with Crippen LogP contribution in [0.15, 0.2) is 0 Å². The molecule has 0 spiro atoms. The largest absolute Gasteiger partial charge is 0.313 e. The van der Waals surface area contributed by atoms with Crippen molar-refractivity contribution < 1.29 is 8.42 Å². The first-order chi connectivity index (χ1) is 9.91. The van der Waals surface area contributed by atoms with E-state index in [1.807, 2.05) is 20.8 Å². The van der Waals surface area contributed by atoms with Crippen molar-refractivity contribution in [2.75, 3.05) is 32.7 Å². The van der Waals surface area contributed by atoms with E-state index in [9.17, 15) is 8.42 Å².